The first-order valence-corrected chi connectivity index (χ1v) is 11.2. The smallest absolute Gasteiger partial charge is 0.271 e. The highest BCUT2D eigenvalue weighted by Crippen LogP contribution is 2.29. The first-order valence-electron chi connectivity index (χ1n) is 8.69. The Hall–Kier alpha value is -1.65. The summed E-state index contributed by atoms with van der Waals surface area (Å²) in [5.41, 5.74) is 6.02. The molecule has 4 nitrogen and oxygen atoms in total. The molecule has 0 saturated heterocycles. The minimum Gasteiger partial charge on any atom is -0.487 e. The van der Waals surface area contributed by atoms with Crippen LogP contribution in [-0.4, -0.2) is 12.1 Å². The van der Waals surface area contributed by atoms with E-state index in [1.807, 2.05) is 61.5 Å². The molecule has 0 saturated carbocycles. The van der Waals surface area contributed by atoms with Crippen LogP contribution >= 0.6 is 56.8 Å². The average Bonchev–Trinajstić information content (AvgIpc) is 2.69. The Morgan fingerprint density at radius 1 is 1.10 bits per heavy atom. The third-order valence-corrected chi connectivity index (χ3v) is 5.94. The van der Waals surface area contributed by atoms with E-state index < -0.39 is 0 Å². The van der Waals surface area contributed by atoms with Crippen molar-refractivity contribution in [1.82, 2.24) is 5.43 Å². The standard InChI is InChI=1S/C22H17ClI2N2O2/c1-14-4-2-3-5-18(14)22(28)27-26-12-16-10-19(24)21(20(25)11-16)29-13-15-6-8-17(23)9-7-15/h2-12H,13H2,1H3,(H,27,28)/b26-12+. The zero-order chi connectivity index (χ0) is 20.8. The molecule has 1 N–H and O–H groups in total. The number of benzene rings is 3. The van der Waals surface area contributed by atoms with Gasteiger partial charge in [0.1, 0.15) is 12.4 Å². The normalized spacial score (nSPS) is 10.9. The van der Waals surface area contributed by atoms with Gasteiger partial charge in [-0.25, -0.2) is 5.43 Å². The summed E-state index contributed by atoms with van der Waals surface area (Å²) >= 11 is 10.4. The predicted molar refractivity (Wildman–Crippen MR) is 134 cm³/mol. The molecule has 0 aliphatic rings. The Bertz CT molecular complexity index is 1030. The number of hydrogen-bond donors (Lipinski definition) is 1. The fourth-order valence-corrected chi connectivity index (χ4v) is 4.84. The lowest BCUT2D eigenvalue weighted by Crippen LogP contribution is -2.18. The number of ether oxygens (including phenoxy) is 1. The van der Waals surface area contributed by atoms with Gasteiger partial charge in [-0.3, -0.25) is 4.79 Å². The molecule has 148 valence electrons. The highest BCUT2D eigenvalue weighted by atomic mass is 127. The SMILES string of the molecule is Cc1ccccc1C(=O)N/N=C/c1cc(I)c(OCc2ccc(Cl)cc2)c(I)c1. The van der Waals surface area contributed by atoms with Crippen LogP contribution in [0.1, 0.15) is 27.0 Å². The minimum absolute atomic E-state index is 0.230. The number of nitrogens with zero attached hydrogens (tertiary/aromatic N) is 1. The predicted octanol–water partition coefficient (Wildman–Crippen LogP) is 6.20. The van der Waals surface area contributed by atoms with E-state index in [1.54, 1.807) is 12.3 Å². The summed E-state index contributed by atoms with van der Waals surface area (Å²) in [6, 6.07) is 18.9. The molecule has 3 aromatic rings. The number of carbonyl (C=O) groups is 1. The molecular weight excluding hydrogens is 614 g/mol. The number of hydrazone groups is 1. The maximum atomic E-state index is 12.2. The van der Waals surface area contributed by atoms with Crippen LogP contribution in [0.4, 0.5) is 0 Å². The molecule has 0 atom stereocenters. The number of halogens is 3. The van der Waals surface area contributed by atoms with E-state index in [2.05, 4.69) is 55.7 Å². The Kier molecular flexibility index (Phi) is 7.91. The van der Waals surface area contributed by atoms with Gasteiger partial charge in [0.05, 0.1) is 13.4 Å². The van der Waals surface area contributed by atoms with Gasteiger partial charge in [0.25, 0.3) is 5.91 Å². The molecule has 0 radical (unpaired) electrons. The zero-order valence-electron chi connectivity index (χ0n) is 15.5. The van der Waals surface area contributed by atoms with Crippen molar-refractivity contribution in [3.05, 3.63) is 95.1 Å². The largest absolute Gasteiger partial charge is 0.487 e. The van der Waals surface area contributed by atoms with E-state index in [1.165, 1.54) is 0 Å². The van der Waals surface area contributed by atoms with Crippen molar-refractivity contribution in [1.29, 1.82) is 0 Å². The van der Waals surface area contributed by atoms with Gasteiger partial charge in [-0.15, -0.1) is 0 Å². The van der Waals surface area contributed by atoms with E-state index in [4.69, 9.17) is 16.3 Å². The number of rotatable bonds is 6. The van der Waals surface area contributed by atoms with Crippen molar-refractivity contribution < 1.29 is 9.53 Å². The summed E-state index contributed by atoms with van der Waals surface area (Å²) in [7, 11) is 0. The van der Waals surface area contributed by atoms with E-state index >= 15 is 0 Å². The summed E-state index contributed by atoms with van der Waals surface area (Å²) in [5.74, 6) is 0.592. The van der Waals surface area contributed by atoms with Crippen LogP contribution in [0.25, 0.3) is 0 Å². The molecular formula is C22H17ClI2N2O2. The van der Waals surface area contributed by atoms with Crippen LogP contribution in [0.5, 0.6) is 5.75 Å². The minimum atomic E-state index is -0.230. The van der Waals surface area contributed by atoms with Crippen molar-refractivity contribution in [3.63, 3.8) is 0 Å². The fraction of sp³-hybridized carbons (Fsp3) is 0.0909. The molecule has 3 rings (SSSR count). The highest BCUT2D eigenvalue weighted by molar-refractivity contribution is 14.1. The summed E-state index contributed by atoms with van der Waals surface area (Å²) in [5, 5.41) is 4.79. The molecule has 0 aliphatic carbocycles. The van der Waals surface area contributed by atoms with E-state index in [0.717, 1.165) is 29.6 Å². The Morgan fingerprint density at radius 2 is 1.76 bits per heavy atom. The van der Waals surface area contributed by atoms with Crippen LogP contribution in [0.3, 0.4) is 0 Å². The number of amides is 1. The van der Waals surface area contributed by atoms with Crippen LogP contribution in [0.15, 0.2) is 65.8 Å². The number of hydrogen-bond acceptors (Lipinski definition) is 3. The molecule has 0 fully saturated rings. The summed E-state index contributed by atoms with van der Waals surface area (Å²) in [6.45, 7) is 2.36. The molecule has 3 aromatic carbocycles. The molecule has 7 heteroatoms. The second kappa shape index (κ2) is 10.4. The van der Waals surface area contributed by atoms with Crippen LogP contribution in [0.2, 0.25) is 5.02 Å². The topological polar surface area (TPSA) is 50.7 Å². The monoisotopic (exact) mass is 630 g/mol. The lowest BCUT2D eigenvalue weighted by atomic mass is 10.1. The van der Waals surface area contributed by atoms with E-state index in [0.29, 0.717) is 17.2 Å². The van der Waals surface area contributed by atoms with Crippen LogP contribution in [-0.2, 0) is 6.61 Å². The maximum Gasteiger partial charge on any atom is 0.271 e. The number of aryl methyl sites for hydroxylation is 1. The Labute approximate surface area is 202 Å². The molecule has 0 unspecified atom stereocenters. The lowest BCUT2D eigenvalue weighted by Gasteiger charge is -2.11. The fourth-order valence-electron chi connectivity index (χ4n) is 2.58. The molecule has 1 amide bonds. The number of nitrogens with one attached hydrogen (secondary N) is 1. The zero-order valence-corrected chi connectivity index (χ0v) is 20.5. The quantitative estimate of drug-likeness (QED) is 0.200. The summed E-state index contributed by atoms with van der Waals surface area (Å²) < 4.78 is 7.93. The van der Waals surface area contributed by atoms with Crippen molar-refractivity contribution in [2.24, 2.45) is 5.10 Å². The maximum absolute atomic E-state index is 12.2. The molecule has 0 spiro atoms. The van der Waals surface area contributed by atoms with Gasteiger partial charge in [-0.05, 0) is 99.1 Å². The summed E-state index contributed by atoms with van der Waals surface area (Å²) in [6.07, 6.45) is 1.63. The van der Waals surface area contributed by atoms with Gasteiger partial charge in [-0.1, -0.05) is 41.9 Å². The molecule has 29 heavy (non-hydrogen) atoms. The number of carbonyl (C=O) groups excluding carboxylic acids is 1. The Morgan fingerprint density at radius 3 is 2.41 bits per heavy atom. The van der Waals surface area contributed by atoms with Crippen molar-refractivity contribution in [3.8, 4) is 5.75 Å². The van der Waals surface area contributed by atoms with Crippen molar-refractivity contribution in [2.75, 3.05) is 0 Å². The highest BCUT2D eigenvalue weighted by Gasteiger charge is 2.10. The van der Waals surface area contributed by atoms with Crippen LogP contribution < -0.4 is 10.2 Å². The summed E-state index contributed by atoms with van der Waals surface area (Å²) in [4.78, 5) is 12.2. The molecule has 0 aromatic heterocycles. The molecule has 0 aliphatic heterocycles. The van der Waals surface area contributed by atoms with E-state index in [-0.39, 0.29) is 5.91 Å². The van der Waals surface area contributed by atoms with Crippen molar-refractivity contribution >= 4 is 68.9 Å². The van der Waals surface area contributed by atoms with Gasteiger partial charge < -0.3 is 4.74 Å². The Balaban J connectivity index is 1.65. The van der Waals surface area contributed by atoms with Gasteiger partial charge in [-0.2, -0.15) is 5.10 Å². The second-order valence-corrected chi connectivity index (χ2v) is 9.00. The van der Waals surface area contributed by atoms with Crippen LogP contribution in [0, 0.1) is 14.1 Å². The average molecular weight is 631 g/mol. The van der Waals surface area contributed by atoms with Gasteiger partial charge in [0.15, 0.2) is 0 Å². The first kappa shape index (κ1) is 22.0. The van der Waals surface area contributed by atoms with Gasteiger partial charge in [0, 0.05) is 10.6 Å². The third-order valence-electron chi connectivity index (χ3n) is 4.09. The second-order valence-electron chi connectivity index (χ2n) is 6.24. The molecule has 0 heterocycles. The van der Waals surface area contributed by atoms with Crippen molar-refractivity contribution in [2.45, 2.75) is 13.5 Å². The lowest BCUT2D eigenvalue weighted by molar-refractivity contribution is 0.0954. The van der Waals surface area contributed by atoms with E-state index in [9.17, 15) is 4.79 Å². The van der Waals surface area contributed by atoms with Gasteiger partial charge >= 0.3 is 0 Å². The molecule has 0 bridgehead atoms. The first-order chi connectivity index (χ1) is 13.9. The third kappa shape index (κ3) is 6.16. The van der Waals surface area contributed by atoms with Gasteiger partial charge in [0.2, 0.25) is 0 Å².